The average molecular weight is 206 g/mol. The fourth-order valence-corrected chi connectivity index (χ4v) is 1.11. The van der Waals surface area contributed by atoms with Crippen LogP contribution in [0, 0.1) is 0 Å². The Bertz CT molecular complexity index is 40.7. The molecule has 0 aromatic carbocycles. The van der Waals surface area contributed by atoms with Gasteiger partial charge < -0.3 is 0 Å². The topological polar surface area (TPSA) is 0 Å². The zero-order chi connectivity index (χ0) is 5.70. The summed E-state index contributed by atoms with van der Waals surface area (Å²) in [6.45, 7) is 0. The third kappa shape index (κ3) is 4.92. The van der Waals surface area contributed by atoms with Gasteiger partial charge in [-0.15, -0.1) is 23.2 Å². The Morgan fingerprint density at radius 2 is 2.00 bits per heavy atom. The van der Waals surface area contributed by atoms with E-state index in [2.05, 4.69) is 15.9 Å². The first kappa shape index (κ1) is 8.06. The Morgan fingerprint density at radius 1 is 1.43 bits per heavy atom. The molecule has 0 aliphatic heterocycles. The van der Waals surface area contributed by atoms with E-state index in [4.69, 9.17) is 23.2 Å². The Balaban J connectivity index is 2.83. The second kappa shape index (κ2) is 5.20. The highest BCUT2D eigenvalue weighted by Gasteiger charge is 1.97. The van der Waals surface area contributed by atoms with Crippen LogP contribution in [0.1, 0.15) is 6.42 Å². The lowest BCUT2D eigenvalue weighted by molar-refractivity contribution is 0.935. The molecule has 0 amide bonds. The zero-order valence-electron chi connectivity index (χ0n) is 3.83. The van der Waals surface area contributed by atoms with Gasteiger partial charge in [0.25, 0.3) is 0 Å². The Morgan fingerprint density at radius 3 is 2.14 bits per heavy atom. The van der Waals surface area contributed by atoms with Crippen molar-refractivity contribution in [2.24, 2.45) is 0 Å². The summed E-state index contributed by atoms with van der Waals surface area (Å²) >= 11 is 14.1. The SMILES string of the molecule is ClCCC(Br)CCl. The van der Waals surface area contributed by atoms with Crippen LogP contribution in [-0.4, -0.2) is 16.6 Å². The summed E-state index contributed by atoms with van der Waals surface area (Å²) in [7, 11) is 0. The summed E-state index contributed by atoms with van der Waals surface area (Å²) < 4.78 is 0. The Hall–Kier alpha value is 1.06. The molecule has 1 atom stereocenters. The summed E-state index contributed by atoms with van der Waals surface area (Å²) in [6, 6.07) is 0. The maximum atomic E-state index is 5.43. The largest absolute Gasteiger partial charge is 0.127 e. The molecule has 0 fully saturated rings. The highest BCUT2D eigenvalue weighted by atomic mass is 79.9. The van der Waals surface area contributed by atoms with Gasteiger partial charge in [-0.3, -0.25) is 0 Å². The molecule has 0 radical (unpaired) electrons. The molecule has 0 heterocycles. The van der Waals surface area contributed by atoms with E-state index >= 15 is 0 Å². The zero-order valence-corrected chi connectivity index (χ0v) is 6.93. The molecule has 0 aliphatic rings. The van der Waals surface area contributed by atoms with Gasteiger partial charge in [-0.1, -0.05) is 15.9 Å². The first-order valence-corrected chi connectivity index (χ1v) is 4.05. The summed E-state index contributed by atoms with van der Waals surface area (Å²) in [5.41, 5.74) is 0. The third-order valence-corrected chi connectivity index (χ3v) is 2.33. The van der Waals surface area contributed by atoms with Gasteiger partial charge in [-0.2, -0.15) is 0 Å². The number of rotatable bonds is 3. The van der Waals surface area contributed by atoms with Crippen molar-refractivity contribution >= 4 is 39.1 Å². The Labute approximate surface area is 62.3 Å². The van der Waals surface area contributed by atoms with Crippen molar-refractivity contribution in [2.75, 3.05) is 11.8 Å². The maximum Gasteiger partial charge on any atom is 0.0349 e. The van der Waals surface area contributed by atoms with E-state index in [0.717, 1.165) is 6.42 Å². The Kier molecular flexibility index (Phi) is 5.99. The molecule has 7 heavy (non-hydrogen) atoms. The molecule has 0 N–H and O–H groups in total. The molecule has 1 unspecified atom stereocenters. The van der Waals surface area contributed by atoms with Crippen molar-refractivity contribution < 1.29 is 0 Å². The van der Waals surface area contributed by atoms with Crippen LogP contribution < -0.4 is 0 Å². The second-order valence-corrected chi connectivity index (χ2v) is 3.21. The second-order valence-electron chi connectivity index (χ2n) is 1.23. The van der Waals surface area contributed by atoms with Crippen LogP contribution in [0.15, 0.2) is 0 Å². The number of hydrogen-bond donors (Lipinski definition) is 0. The van der Waals surface area contributed by atoms with Crippen LogP contribution >= 0.6 is 39.1 Å². The fourth-order valence-electron chi connectivity index (χ4n) is 0.196. The summed E-state index contributed by atoms with van der Waals surface area (Å²) in [5.74, 6) is 1.33. The smallest absolute Gasteiger partial charge is 0.0349 e. The molecule has 44 valence electrons. The highest BCUT2D eigenvalue weighted by Crippen LogP contribution is 2.06. The van der Waals surface area contributed by atoms with E-state index in [-0.39, 0.29) is 0 Å². The van der Waals surface area contributed by atoms with Crippen molar-refractivity contribution in [1.82, 2.24) is 0 Å². The standard InChI is InChI=1S/C4H7BrCl2/c5-4(3-7)1-2-6/h4H,1-3H2. The molecule has 0 saturated heterocycles. The van der Waals surface area contributed by atoms with E-state index in [1.54, 1.807) is 0 Å². The lowest BCUT2D eigenvalue weighted by atomic mass is 10.4. The van der Waals surface area contributed by atoms with Gasteiger partial charge in [0.2, 0.25) is 0 Å². The molecule has 3 heteroatoms. The minimum atomic E-state index is 0.395. The van der Waals surface area contributed by atoms with Crippen LogP contribution in [-0.2, 0) is 0 Å². The summed E-state index contributed by atoms with van der Waals surface area (Å²) in [4.78, 5) is 0.395. The summed E-state index contributed by atoms with van der Waals surface area (Å²) in [5, 5.41) is 0. The van der Waals surface area contributed by atoms with E-state index in [1.165, 1.54) is 0 Å². The van der Waals surface area contributed by atoms with E-state index in [9.17, 15) is 0 Å². The van der Waals surface area contributed by atoms with Gasteiger partial charge in [0.1, 0.15) is 0 Å². The van der Waals surface area contributed by atoms with Crippen molar-refractivity contribution in [2.45, 2.75) is 11.2 Å². The predicted octanol–water partition coefficient (Wildman–Crippen LogP) is 2.62. The monoisotopic (exact) mass is 204 g/mol. The predicted molar refractivity (Wildman–Crippen MR) is 38.8 cm³/mol. The molecule has 0 aliphatic carbocycles. The molecule has 0 aromatic rings. The van der Waals surface area contributed by atoms with Crippen molar-refractivity contribution in [3.05, 3.63) is 0 Å². The van der Waals surface area contributed by atoms with Crippen LogP contribution in [0.25, 0.3) is 0 Å². The van der Waals surface area contributed by atoms with Gasteiger partial charge in [-0.05, 0) is 6.42 Å². The molecule has 0 rings (SSSR count). The molecular weight excluding hydrogens is 199 g/mol. The minimum absolute atomic E-state index is 0.395. The van der Waals surface area contributed by atoms with Gasteiger partial charge in [0.15, 0.2) is 0 Å². The van der Waals surface area contributed by atoms with Crippen molar-refractivity contribution in [3.8, 4) is 0 Å². The van der Waals surface area contributed by atoms with Gasteiger partial charge >= 0.3 is 0 Å². The van der Waals surface area contributed by atoms with E-state index in [0.29, 0.717) is 16.6 Å². The number of alkyl halides is 3. The number of hydrogen-bond acceptors (Lipinski definition) is 0. The molecule has 0 spiro atoms. The first-order valence-electron chi connectivity index (χ1n) is 2.07. The summed E-state index contributed by atoms with van der Waals surface area (Å²) in [6.07, 6.45) is 0.949. The molecule has 0 nitrogen and oxygen atoms in total. The number of halogens is 3. The first-order chi connectivity index (χ1) is 3.31. The van der Waals surface area contributed by atoms with Gasteiger partial charge in [-0.25, -0.2) is 0 Å². The maximum absolute atomic E-state index is 5.43. The molecule has 0 aromatic heterocycles. The van der Waals surface area contributed by atoms with Crippen LogP contribution in [0.3, 0.4) is 0 Å². The fraction of sp³-hybridized carbons (Fsp3) is 1.00. The van der Waals surface area contributed by atoms with E-state index < -0.39 is 0 Å². The lowest BCUT2D eigenvalue weighted by Gasteiger charge is -1.97. The lowest BCUT2D eigenvalue weighted by Crippen LogP contribution is -1.98. The van der Waals surface area contributed by atoms with E-state index in [1.807, 2.05) is 0 Å². The van der Waals surface area contributed by atoms with Crippen molar-refractivity contribution in [1.29, 1.82) is 0 Å². The van der Waals surface area contributed by atoms with Crippen molar-refractivity contribution in [3.63, 3.8) is 0 Å². The van der Waals surface area contributed by atoms with Crippen LogP contribution in [0.5, 0.6) is 0 Å². The van der Waals surface area contributed by atoms with Crippen LogP contribution in [0.4, 0.5) is 0 Å². The molecule has 0 saturated carbocycles. The molecule has 0 bridgehead atoms. The third-order valence-electron chi connectivity index (χ3n) is 0.590. The minimum Gasteiger partial charge on any atom is -0.127 e. The molecular formula is C4H7BrCl2. The highest BCUT2D eigenvalue weighted by molar-refractivity contribution is 9.09. The van der Waals surface area contributed by atoms with Gasteiger partial charge in [0.05, 0.1) is 0 Å². The van der Waals surface area contributed by atoms with Crippen LogP contribution in [0.2, 0.25) is 0 Å². The van der Waals surface area contributed by atoms with Gasteiger partial charge in [0, 0.05) is 16.6 Å². The quantitative estimate of drug-likeness (QED) is 0.622. The normalized spacial score (nSPS) is 14.1. The average Bonchev–Trinajstić information content (AvgIpc) is 1.68.